The van der Waals surface area contributed by atoms with Gasteiger partial charge in [-0.05, 0) is 36.4 Å². The number of benzene rings is 2. The van der Waals surface area contributed by atoms with Crippen LogP contribution in [-0.2, 0) is 0 Å². The molecule has 0 radical (unpaired) electrons. The molecule has 0 saturated carbocycles. The van der Waals surface area contributed by atoms with Gasteiger partial charge in [-0.25, -0.2) is 4.98 Å². The molecule has 2 aromatic carbocycles. The number of carbonyl (C=O) groups is 1. The Labute approximate surface area is 144 Å². The van der Waals surface area contributed by atoms with Gasteiger partial charge in [0.25, 0.3) is 5.91 Å². The molecule has 6 nitrogen and oxygen atoms in total. The number of nitriles is 1. The van der Waals surface area contributed by atoms with E-state index < -0.39 is 0 Å². The maximum Gasteiger partial charge on any atom is 0.251 e. The number of hydrogen-bond donors (Lipinski definition) is 3. The fraction of sp³-hybridized carbons (Fsp3) is 0.105. The molecule has 0 aliphatic heterocycles. The maximum atomic E-state index is 12.0. The smallest absolute Gasteiger partial charge is 0.251 e. The van der Waals surface area contributed by atoms with Crippen LogP contribution in [0.1, 0.15) is 15.9 Å². The van der Waals surface area contributed by atoms with Crippen molar-refractivity contribution in [3.05, 3.63) is 65.7 Å². The zero-order valence-electron chi connectivity index (χ0n) is 13.4. The van der Waals surface area contributed by atoms with E-state index in [1.807, 2.05) is 24.3 Å². The minimum absolute atomic E-state index is 0.119. The van der Waals surface area contributed by atoms with Crippen LogP contribution in [0.15, 0.2) is 54.6 Å². The second-order valence-electron chi connectivity index (χ2n) is 5.41. The van der Waals surface area contributed by atoms with Gasteiger partial charge in [-0.3, -0.25) is 4.79 Å². The Kier molecular flexibility index (Phi) is 4.77. The third-order valence-electron chi connectivity index (χ3n) is 3.68. The predicted molar refractivity (Wildman–Crippen MR) is 95.4 cm³/mol. The summed E-state index contributed by atoms with van der Waals surface area (Å²) in [6.07, 6.45) is 0. The number of fused-ring (bicyclic) bond motifs is 1. The Morgan fingerprint density at radius 2 is 1.88 bits per heavy atom. The normalized spacial score (nSPS) is 10.2. The van der Waals surface area contributed by atoms with Crippen molar-refractivity contribution >= 4 is 22.6 Å². The quantitative estimate of drug-likeness (QED) is 0.624. The third kappa shape index (κ3) is 3.85. The first kappa shape index (κ1) is 16.3. The minimum atomic E-state index is -0.217. The van der Waals surface area contributed by atoms with Crippen LogP contribution < -0.4 is 10.6 Å². The number of aromatic nitrogens is 1. The first-order valence-electron chi connectivity index (χ1n) is 7.78. The molecule has 3 aromatic rings. The van der Waals surface area contributed by atoms with Crippen LogP contribution in [-0.4, -0.2) is 29.1 Å². The molecule has 0 spiro atoms. The zero-order chi connectivity index (χ0) is 17.6. The summed E-state index contributed by atoms with van der Waals surface area (Å²) >= 11 is 0. The molecule has 0 fully saturated rings. The molecular weight excluding hydrogens is 316 g/mol. The number of phenols is 1. The van der Waals surface area contributed by atoms with Crippen LogP contribution in [0.25, 0.3) is 10.9 Å². The van der Waals surface area contributed by atoms with Crippen LogP contribution in [0.3, 0.4) is 0 Å². The molecule has 0 atom stereocenters. The van der Waals surface area contributed by atoms with Crippen LogP contribution >= 0.6 is 0 Å². The first-order chi connectivity index (χ1) is 12.2. The molecule has 0 bridgehead atoms. The second kappa shape index (κ2) is 7.32. The fourth-order valence-corrected chi connectivity index (χ4v) is 2.44. The average molecular weight is 332 g/mol. The van der Waals surface area contributed by atoms with E-state index in [1.165, 1.54) is 12.1 Å². The highest BCUT2D eigenvalue weighted by atomic mass is 16.3. The van der Waals surface area contributed by atoms with Gasteiger partial charge in [-0.15, -0.1) is 0 Å². The molecule has 6 heteroatoms. The van der Waals surface area contributed by atoms with Crippen molar-refractivity contribution in [2.45, 2.75) is 0 Å². The van der Waals surface area contributed by atoms with E-state index in [0.717, 1.165) is 10.9 Å². The van der Waals surface area contributed by atoms with Crippen molar-refractivity contribution < 1.29 is 9.90 Å². The number of pyridine rings is 1. The number of carbonyl (C=O) groups excluding carboxylic acids is 1. The Morgan fingerprint density at radius 3 is 2.64 bits per heavy atom. The van der Waals surface area contributed by atoms with E-state index in [0.29, 0.717) is 30.0 Å². The molecule has 1 amide bonds. The molecule has 3 rings (SSSR count). The summed E-state index contributed by atoms with van der Waals surface area (Å²) < 4.78 is 0. The average Bonchev–Trinajstić information content (AvgIpc) is 2.65. The Hall–Kier alpha value is -3.59. The third-order valence-corrected chi connectivity index (χ3v) is 3.68. The van der Waals surface area contributed by atoms with Crippen LogP contribution in [0.2, 0.25) is 0 Å². The monoisotopic (exact) mass is 332 g/mol. The Balaban J connectivity index is 1.59. The van der Waals surface area contributed by atoms with Gasteiger partial charge in [-0.1, -0.05) is 18.2 Å². The summed E-state index contributed by atoms with van der Waals surface area (Å²) in [4.78, 5) is 16.4. The predicted octanol–water partition coefficient (Wildman–Crippen LogP) is 2.65. The van der Waals surface area contributed by atoms with Crippen molar-refractivity contribution in [1.82, 2.24) is 10.3 Å². The lowest BCUT2D eigenvalue weighted by atomic mass is 10.1. The number of aromatic hydroxyl groups is 1. The lowest BCUT2D eigenvalue weighted by Crippen LogP contribution is -2.28. The lowest BCUT2D eigenvalue weighted by Gasteiger charge is -2.09. The standard InChI is InChI=1S/C19H16N4O2/c20-12-14-11-18(23-17-4-2-1-3-16(14)17)21-9-10-22-19(25)13-5-7-15(24)8-6-13/h1-8,11,24H,9-10H2,(H,21,23)(H,22,25). The largest absolute Gasteiger partial charge is 0.508 e. The van der Waals surface area contributed by atoms with Crippen LogP contribution in [0.5, 0.6) is 5.75 Å². The van der Waals surface area contributed by atoms with Gasteiger partial charge in [-0.2, -0.15) is 5.26 Å². The number of nitrogens with one attached hydrogen (secondary N) is 2. The van der Waals surface area contributed by atoms with Gasteiger partial charge in [0.1, 0.15) is 11.6 Å². The number of amides is 1. The first-order valence-corrected chi connectivity index (χ1v) is 7.78. The van der Waals surface area contributed by atoms with Crippen LogP contribution in [0.4, 0.5) is 5.82 Å². The van der Waals surface area contributed by atoms with E-state index >= 15 is 0 Å². The summed E-state index contributed by atoms with van der Waals surface area (Å²) in [7, 11) is 0. The molecule has 1 heterocycles. The summed E-state index contributed by atoms with van der Waals surface area (Å²) in [6.45, 7) is 0.871. The molecule has 124 valence electrons. The van der Waals surface area contributed by atoms with E-state index in [4.69, 9.17) is 0 Å². The Bertz CT molecular complexity index is 946. The van der Waals surface area contributed by atoms with Crippen molar-refractivity contribution in [3.63, 3.8) is 0 Å². The molecule has 0 aliphatic rings. The molecule has 3 N–H and O–H groups in total. The molecule has 0 unspecified atom stereocenters. The SMILES string of the molecule is N#Cc1cc(NCCNC(=O)c2ccc(O)cc2)nc2ccccc12. The summed E-state index contributed by atoms with van der Waals surface area (Å²) in [5.74, 6) is 0.494. The molecule has 0 saturated heterocycles. The highest BCUT2D eigenvalue weighted by Gasteiger charge is 2.06. The van der Waals surface area contributed by atoms with Gasteiger partial charge < -0.3 is 15.7 Å². The van der Waals surface area contributed by atoms with Crippen molar-refractivity contribution in [3.8, 4) is 11.8 Å². The van der Waals surface area contributed by atoms with Gasteiger partial charge in [0.15, 0.2) is 0 Å². The summed E-state index contributed by atoms with van der Waals surface area (Å²) in [5.41, 5.74) is 1.78. The van der Waals surface area contributed by atoms with E-state index in [9.17, 15) is 15.2 Å². The number of para-hydroxylation sites is 1. The number of anilines is 1. The van der Waals surface area contributed by atoms with Gasteiger partial charge >= 0.3 is 0 Å². The van der Waals surface area contributed by atoms with Crippen molar-refractivity contribution in [2.24, 2.45) is 0 Å². The molecule has 1 aromatic heterocycles. The fourth-order valence-electron chi connectivity index (χ4n) is 2.44. The lowest BCUT2D eigenvalue weighted by molar-refractivity contribution is 0.0955. The van der Waals surface area contributed by atoms with E-state index in [-0.39, 0.29) is 11.7 Å². The number of rotatable bonds is 5. The van der Waals surface area contributed by atoms with E-state index in [1.54, 1.807) is 18.2 Å². The summed E-state index contributed by atoms with van der Waals surface area (Å²) in [6, 6.07) is 17.4. The van der Waals surface area contributed by atoms with Crippen molar-refractivity contribution in [2.75, 3.05) is 18.4 Å². The molecule has 0 aliphatic carbocycles. The van der Waals surface area contributed by atoms with Gasteiger partial charge in [0, 0.05) is 24.0 Å². The Morgan fingerprint density at radius 1 is 1.12 bits per heavy atom. The molecular formula is C19H16N4O2. The number of nitrogens with zero attached hydrogens (tertiary/aromatic N) is 2. The minimum Gasteiger partial charge on any atom is -0.508 e. The highest BCUT2D eigenvalue weighted by Crippen LogP contribution is 2.19. The summed E-state index contributed by atoms with van der Waals surface area (Å²) in [5, 5.41) is 25.2. The second-order valence-corrected chi connectivity index (χ2v) is 5.41. The highest BCUT2D eigenvalue weighted by molar-refractivity contribution is 5.94. The van der Waals surface area contributed by atoms with Gasteiger partial charge in [0.2, 0.25) is 0 Å². The van der Waals surface area contributed by atoms with E-state index in [2.05, 4.69) is 21.7 Å². The van der Waals surface area contributed by atoms with Gasteiger partial charge in [0.05, 0.1) is 17.1 Å². The molecule has 25 heavy (non-hydrogen) atoms. The number of hydrogen-bond acceptors (Lipinski definition) is 5. The van der Waals surface area contributed by atoms with Crippen LogP contribution in [0, 0.1) is 11.3 Å². The van der Waals surface area contributed by atoms with Crippen molar-refractivity contribution in [1.29, 1.82) is 5.26 Å². The zero-order valence-corrected chi connectivity index (χ0v) is 13.4. The maximum absolute atomic E-state index is 12.0. The number of phenolic OH excluding ortho intramolecular Hbond substituents is 1. The topological polar surface area (TPSA) is 98.0 Å².